The monoisotopic (exact) mass is 509 g/mol. The Kier molecular flexibility index (Phi) is 6.10. The van der Waals surface area contributed by atoms with Gasteiger partial charge in [0.05, 0.1) is 4.90 Å². The van der Waals surface area contributed by atoms with Crippen molar-refractivity contribution in [2.45, 2.75) is 4.90 Å². The van der Waals surface area contributed by atoms with Gasteiger partial charge in [-0.15, -0.1) is 10.2 Å². The molecule has 0 unspecified atom stereocenters. The second-order valence-corrected chi connectivity index (χ2v) is 10.4. The maximum atomic E-state index is 13.2. The molecule has 0 bridgehead atoms. The minimum Gasteiger partial charge on any atom is -0.618 e. The first-order valence-electron chi connectivity index (χ1n) is 10.8. The summed E-state index contributed by atoms with van der Waals surface area (Å²) in [4.78, 5) is 14.6. The molecule has 178 valence electrons. The number of nitrogens with zero attached hydrogens (tertiary/aromatic N) is 5. The number of carbonyl (C=O) groups is 1. The summed E-state index contributed by atoms with van der Waals surface area (Å²) in [5.41, 5.74) is 0.812. The third-order valence-electron chi connectivity index (χ3n) is 5.91. The molecule has 0 spiro atoms. The number of amides is 1. The van der Waals surface area contributed by atoms with Crippen molar-refractivity contribution < 1.29 is 17.9 Å². The van der Waals surface area contributed by atoms with Crippen molar-refractivity contribution in [1.82, 2.24) is 19.4 Å². The molecule has 1 saturated heterocycles. The zero-order chi connectivity index (χ0) is 24.6. The number of halogens is 1. The number of hydrogen-bond acceptors (Lipinski definition) is 6. The smallest absolute Gasteiger partial charge is 0.274 e. The third-order valence-corrected chi connectivity index (χ3v) is 8.04. The molecular weight excluding hydrogens is 490 g/mol. The molecule has 4 aromatic rings. The van der Waals surface area contributed by atoms with Crippen LogP contribution in [0.3, 0.4) is 0 Å². The van der Waals surface area contributed by atoms with Crippen LogP contribution in [0.25, 0.3) is 22.2 Å². The van der Waals surface area contributed by atoms with Gasteiger partial charge in [-0.1, -0.05) is 23.7 Å². The summed E-state index contributed by atoms with van der Waals surface area (Å²) in [6.45, 7) is 0.782. The average Bonchev–Trinajstić information content (AvgIpc) is 2.88. The van der Waals surface area contributed by atoms with E-state index in [0.29, 0.717) is 21.1 Å². The zero-order valence-corrected chi connectivity index (χ0v) is 20.0. The fourth-order valence-electron chi connectivity index (χ4n) is 4.01. The fraction of sp³-hybridized carbons (Fsp3) is 0.167. The predicted molar refractivity (Wildman–Crippen MR) is 130 cm³/mol. The highest BCUT2D eigenvalue weighted by atomic mass is 35.5. The normalized spacial score (nSPS) is 14.8. The van der Waals surface area contributed by atoms with Crippen LogP contribution >= 0.6 is 11.6 Å². The van der Waals surface area contributed by atoms with Gasteiger partial charge in [-0.05, 0) is 53.2 Å². The van der Waals surface area contributed by atoms with Crippen LogP contribution in [0.15, 0.2) is 77.8 Å². The van der Waals surface area contributed by atoms with Crippen LogP contribution in [-0.4, -0.2) is 59.9 Å². The number of rotatable bonds is 4. The lowest BCUT2D eigenvalue weighted by molar-refractivity contribution is -0.593. The number of piperazine rings is 1. The average molecular weight is 510 g/mol. The quantitative estimate of drug-likeness (QED) is 0.309. The summed E-state index contributed by atoms with van der Waals surface area (Å²) in [5, 5.41) is 22.1. The van der Waals surface area contributed by atoms with Gasteiger partial charge in [0.2, 0.25) is 15.7 Å². The third kappa shape index (κ3) is 4.55. The molecule has 1 aliphatic heterocycles. The van der Waals surface area contributed by atoms with E-state index in [1.807, 2.05) is 0 Å². The number of aromatic nitrogens is 3. The Labute approximate surface area is 206 Å². The van der Waals surface area contributed by atoms with Crippen LogP contribution in [0.5, 0.6) is 0 Å². The summed E-state index contributed by atoms with van der Waals surface area (Å²) in [7, 11) is -3.72. The molecule has 35 heavy (non-hydrogen) atoms. The molecule has 1 fully saturated rings. The minimum atomic E-state index is -3.72. The second kappa shape index (κ2) is 9.21. The van der Waals surface area contributed by atoms with E-state index in [4.69, 9.17) is 11.6 Å². The number of benzene rings is 2. The number of carbonyl (C=O) groups excluding carboxylic acids is 1. The van der Waals surface area contributed by atoms with E-state index in [1.54, 1.807) is 65.6 Å². The van der Waals surface area contributed by atoms with Crippen LogP contribution in [-0.2, 0) is 10.0 Å². The molecular formula is C24H20ClN5O4S. The molecule has 5 rings (SSSR count). The summed E-state index contributed by atoms with van der Waals surface area (Å²) >= 11 is 6.02. The Morgan fingerprint density at radius 3 is 2.37 bits per heavy atom. The van der Waals surface area contributed by atoms with Crippen molar-refractivity contribution >= 4 is 38.3 Å². The van der Waals surface area contributed by atoms with E-state index in [1.165, 1.54) is 16.6 Å². The van der Waals surface area contributed by atoms with Crippen LogP contribution in [0.1, 0.15) is 10.5 Å². The molecule has 2 aromatic carbocycles. The van der Waals surface area contributed by atoms with Crippen molar-refractivity contribution in [3.8, 4) is 11.4 Å². The van der Waals surface area contributed by atoms with Gasteiger partial charge in [-0.25, -0.2) is 8.42 Å². The van der Waals surface area contributed by atoms with E-state index < -0.39 is 10.0 Å². The lowest BCUT2D eigenvalue weighted by atomic mass is 10.1. The van der Waals surface area contributed by atoms with Crippen LogP contribution in [0.2, 0.25) is 5.02 Å². The van der Waals surface area contributed by atoms with Crippen molar-refractivity contribution in [2.24, 2.45) is 0 Å². The first kappa shape index (κ1) is 23.2. The summed E-state index contributed by atoms with van der Waals surface area (Å²) in [6.07, 6.45) is 1.36. The first-order valence-corrected chi connectivity index (χ1v) is 12.7. The topological polar surface area (TPSA) is 110 Å². The zero-order valence-electron chi connectivity index (χ0n) is 18.4. The highest BCUT2D eigenvalue weighted by Gasteiger charge is 2.31. The van der Waals surface area contributed by atoms with Crippen molar-refractivity contribution in [3.63, 3.8) is 0 Å². The van der Waals surface area contributed by atoms with E-state index in [9.17, 15) is 18.4 Å². The van der Waals surface area contributed by atoms with Crippen LogP contribution in [0.4, 0.5) is 0 Å². The Hall–Kier alpha value is -3.60. The first-order chi connectivity index (χ1) is 16.8. The maximum absolute atomic E-state index is 13.2. The standard InChI is InChI=1S/C24H20ClN5O4S/c25-19-6-4-18-16-20(7-5-17(18)15-19)35(33,34)29-13-11-28(12-14-29)24(31)22-9-8-21(26-27-22)23-3-1-2-10-30(23)32/h1-10,15-16H,11-14H2. The molecule has 9 nitrogen and oxygen atoms in total. The van der Waals surface area contributed by atoms with Crippen molar-refractivity contribution in [2.75, 3.05) is 26.2 Å². The van der Waals surface area contributed by atoms with Crippen LogP contribution in [0, 0.1) is 5.21 Å². The van der Waals surface area contributed by atoms with Gasteiger partial charge in [0.1, 0.15) is 0 Å². The Morgan fingerprint density at radius 2 is 1.66 bits per heavy atom. The molecule has 0 saturated carbocycles. The van der Waals surface area contributed by atoms with Crippen molar-refractivity contribution in [1.29, 1.82) is 0 Å². The van der Waals surface area contributed by atoms with Gasteiger partial charge in [0.25, 0.3) is 5.91 Å². The molecule has 0 aliphatic carbocycles. The van der Waals surface area contributed by atoms with E-state index >= 15 is 0 Å². The molecule has 3 heterocycles. The van der Waals surface area contributed by atoms with Gasteiger partial charge in [-0.3, -0.25) is 4.79 Å². The molecule has 0 N–H and O–H groups in total. The highest BCUT2D eigenvalue weighted by molar-refractivity contribution is 7.89. The maximum Gasteiger partial charge on any atom is 0.274 e. The molecule has 1 amide bonds. The van der Waals surface area contributed by atoms with Crippen molar-refractivity contribution in [3.05, 3.63) is 88.9 Å². The molecule has 1 aliphatic rings. The van der Waals surface area contributed by atoms with Gasteiger partial charge in [0, 0.05) is 43.3 Å². The number of sulfonamides is 1. The second-order valence-electron chi connectivity index (χ2n) is 8.07. The minimum absolute atomic E-state index is 0.131. The lowest BCUT2D eigenvalue weighted by Crippen LogP contribution is -2.50. The largest absolute Gasteiger partial charge is 0.618 e. The Balaban J connectivity index is 1.27. The molecule has 11 heteroatoms. The molecule has 0 atom stereocenters. The molecule has 2 aromatic heterocycles. The van der Waals surface area contributed by atoms with Gasteiger partial charge >= 0.3 is 0 Å². The lowest BCUT2D eigenvalue weighted by Gasteiger charge is -2.33. The van der Waals surface area contributed by atoms with E-state index in [0.717, 1.165) is 10.8 Å². The molecule has 0 radical (unpaired) electrons. The van der Waals surface area contributed by atoms with Crippen LogP contribution < -0.4 is 4.73 Å². The highest BCUT2D eigenvalue weighted by Crippen LogP contribution is 2.25. The van der Waals surface area contributed by atoms with E-state index in [2.05, 4.69) is 10.2 Å². The van der Waals surface area contributed by atoms with Gasteiger partial charge in [-0.2, -0.15) is 9.04 Å². The predicted octanol–water partition coefficient (Wildman–Crippen LogP) is 2.73. The Bertz CT molecular complexity index is 1520. The summed E-state index contributed by atoms with van der Waals surface area (Å²) < 4.78 is 28.4. The fourth-order valence-corrected chi connectivity index (χ4v) is 5.65. The number of hydrogen-bond donors (Lipinski definition) is 0. The van der Waals surface area contributed by atoms with Gasteiger partial charge < -0.3 is 10.1 Å². The Morgan fingerprint density at radius 1 is 0.914 bits per heavy atom. The van der Waals surface area contributed by atoms with Gasteiger partial charge in [0.15, 0.2) is 17.6 Å². The summed E-state index contributed by atoms with van der Waals surface area (Å²) in [5.74, 6) is -0.341. The summed E-state index contributed by atoms with van der Waals surface area (Å²) in [6, 6.07) is 18.2. The number of fused-ring (bicyclic) bond motifs is 1. The van der Waals surface area contributed by atoms with E-state index in [-0.39, 0.29) is 42.7 Å². The number of pyridine rings is 1. The SMILES string of the molecule is O=C(c1ccc(-c2cccc[n+]2[O-])nn1)N1CCN(S(=O)(=O)c2ccc3cc(Cl)ccc3c2)CC1.